The lowest BCUT2D eigenvalue weighted by molar-refractivity contribution is -0.140. The number of hydrogen-bond donors (Lipinski definition) is 3. The van der Waals surface area contributed by atoms with Crippen LogP contribution in [0.2, 0.25) is 0 Å². The van der Waals surface area contributed by atoms with Crippen molar-refractivity contribution in [1.29, 1.82) is 0 Å². The van der Waals surface area contributed by atoms with E-state index in [9.17, 15) is 38.4 Å². The van der Waals surface area contributed by atoms with E-state index in [-0.39, 0.29) is 80.0 Å². The first-order chi connectivity index (χ1) is 29.4. The van der Waals surface area contributed by atoms with Gasteiger partial charge in [0.15, 0.2) is 0 Å². The number of nitrogens with one attached hydrogen (secondary N) is 3. The van der Waals surface area contributed by atoms with Crippen LogP contribution in [0.1, 0.15) is 48.6 Å². The summed E-state index contributed by atoms with van der Waals surface area (Å²) in [5.74, 6) is -1.26. The highest BCUT2D eigenvalue weighted by Crippen LogP contribution is 2.20. The van der Waals surface area contributed by atoms with Crippen LogP contribution in [-0.2, 0) is 46.4 Å². The van der Waals surface area contributed by atoms with E-state index in [4.69, 9.17) is 23.7 Å². The second kappa shape index (κ2) is 21.5. The van der Waals surface area contributed by atoms with Crippen molar-refractivity contribution in [2.75, 3.05) is 38.4 Å². The van der Waals surface area contributed by atoms with E-state index in [0.717, 1.165) is 13.7 Å². The molecule has 0 saturated heterocycles. The van der Waals surface area contributed by atoms with E-state index in [0.29, 0.717) is 27.8 Å². The van der Waals surface area contributed by atoms with E-state index in [1.165, 1.54) is 38.1 Å². The molecule has 19 nitrogen and oxygen atoms in total. The SMILES string of the molecule is C=C(C)C(=O)OCCOC(=O)NCc1cc(C)cc(-n2c(=O)n(-c3cc(C)cc(CNC(=O)OCCOC(=O)C(=C)C)c3)c(=O)n(-c3ccc(C)c(NC(=O)OCC)c3)c2=O)c1. The number of aromatic nitrogens is 3. The highest BCUT2D eigenvalue weighted by Gasteiger charge is 2.22. The van der Waals surface area contributed by atoms with Crippen molar-refractivity contribution in [1.82, 2.24) is 24.3 Å². The number of esters is 2. The summed E-state index contributed by atoms with van der Waals surface area (Å²) in [6.07, 6.45) is -2.43. The van der Waals surface area contributed by atoms with Crippen molar-refractivity contribution in [2.45, 2.75) is 54.6 Å². The monoisotopic (exact) mass is 856 g/mol. The van der Waals surface area contributed by atoms with Gasteiger partial charge in [0.1, 0.15) is 26.4 Å². The van der Waals surface area contributed by atoms with Crippen LogP contribution in [0.15, 0.2) is 93.3 Å². The molecule has 0 aliphatic carbocycles. The third-order valence-electron chi connectivity index (χ3n) is 8.57. The number of benzene rings is 3. The predicted molar refractivity (Wildman–Crippen MR) is 226 cm³/mol. The molecule has 0 fully saturated rings. The van der Waals surface area contributed by atoms with E-state index in [1.807, 2.05) is 0 Å². The van der Waals surface area contributed by atoms with Gasteiger partial charge in [0.05, 0.1) is 23.7 Å². The molecule has 4 aromatic rings. The molecule has 0 aliphatic heterocycles. The Hall–Kier alpha value is -7.70. The van der Waals surface area contributed by atoms with Gasteiger partial charge in [-0.05, 0) is 106 Å². The van der Waals surface area contributed by atoms with Crippen molar-refractivity contribution in [3.63, 3.8) is 0 Å². The summed E-state index contributed by atoms with van der Waals surface area (Å²) in [7, 11) is 0. The minimum atomic E-state index is -1.05. The molecule has 62 heavy (non-hydrogen) atoms. The highest BCUT2D eigenvalue weighted by atomic mass is 16.6. The van der Waals surface area contributed by atoms with E-state index < -0.39 is 47.3 Å². The molecule has 1 heterocycles. The Bertz CT molecular complexity index is 2450. The zero-order valence-electron chi connectivity index (χ0n) is 35.2. The topological polar surface area (TPSA) is 234 Å². The van der Waals surface area contributed by atoms with Crippen LogP contribution in [0, 0.1) is 20.8 Å². The number of carbonyl (C=O) groups excluding carboxylic acids is 5. The molecule has 0 aliphatic rings. The molecule has 3 amide bonds. The first-order valence-electron chi connectivity index (χ1n) is 19.1. The molecule has 3 aromatic carbocycles. The largest absolute Gasteiger partial charge is 0.459 e. The number of carbonyl (C=O) groups is 5. The number of aryl methyl sites for hydroxylation is 3. The Labute approximate surface area is 355 Å². The lowest BCUT2D eigenvalue weighted by Gasteiger charge is -2.17. The zero-order chi connectivity index (χ0) is 45.7. The van der Waals surface area contributed by atoms with Gasteiger partial charge in [-0.25, -0.2) is 52.1 Å². The van der Waals surface area contributed by atoms with Gasteiger partial charge in [-0.3, -0.25) is 5.32 Å². The minimum Gasteiger partial charge on any atom is -0.459 e. The lowest BCUT2D eigenvalue weighted by atomic mass is 10.1. The van der Waals surface area contributed by atoms with E-state index >= 15 is 0 Å². The van der Waals surface area contributed by atoms with Gasteiger partial charge in [0.25, 0.3) is 0 Å². The Kier molecular flexibility index (Phi) is 16.3. The predicted octanol–water partition coefficient (Wildman–Crippen LogP) is 4.32. The number of amides is 3. The molecule has 3 N–H and O–H groups in total. The number of nitrogens with zero attached hydrogens (tertiary/aromatic N) is 3. The average Bonchev–Trinajstić information content (AvgIpc) is 3.20. The quantitative estimate of drug-likeness (QED) is 0.0582. The standard InChI is InChI=1S/C43H48N6O13/c1-9-58-40(54)46-35-22-32(11-10-29(35)8)47-41(55)48(33-18-27(6)16-30(20-33)23-44-38(52)61-14-12-59-36(50)25(2)3)43(57)49(42(47)56)34-19-28(7)17-31(21-34)24-45-39(53)62-15-13-60-37(51)26(4)5/h10-11,16-22H,2,4,9,12-15,23-24H2,1,3,5-8H3,(H,44,52)(H,45,53)(H,46,54). The summed E-state index contributed by atoms with van der Waals surface area (Å²) in [5, 5.41) is 7.73. The Balaban J connectivity index is 1.77. The van der Waals surface area contributed by atoms with E-state index in [2.05, 4.69) is 29.1 Å². The van der Waals surface area contributed by atoms with Gasteiger partial charge in [-0.1, -0.05) is 31.4 Å². The van der Waals surface area contributed by atoms with Crippen LogP contribution in [-0.4, -0.2) is 77.0 Å². The van der Waals surface area contributed by atoms with Crippen molar-refractivity contribution in [3.8, 4) is 17.1 Å². The van der Waals surface area contributed by atoms with Crippen LogP contribution in [0.3, 0.4) is 0 Å². The van der Waals surface area contributed by atoms with Gasteiger partial charge >= 0.3 is 47.3 Å². The Morgan fingerprint density at radius 3 is 1.39 bits per heavy atom. The van der Waals surface area contributed by atoms with Crippen LogP contribution < -0.4 is 33.0 Å². The normalized spacial score (nSPS) is 10.5. The fraction of sp³-hybridized carbons (Fsp3) is 0.302. The summed E-state index contributed by atoms with van der Waals surface area (Å²) < 4.78 is 27.4. The second-order valence-corrected chi connectivity index (χ2v) is 13.9. The van der Waals surface area contributed by atoms with Crippen molar-refractivity contribution < 1.29 is 47.7 Å². The minimum absolute atomic E-state index is 0.00247. The van der Waals surface area contributed by atoms with Crippen molar-refractivity contribution in [2.24, 2.45) is 0 Å². The lowest BCUT2D eigenvalue weighted by Crippen LogP contribution is -2.52. The van der Waals surface area contributed by atoms with Crippen LogP contribution in [0.25, 0.3) is 17.1 Å². The van der Waals surface area contributed by atoms with Crippen LogP contribution in [0.5, 0.6) is 0 Å². The molecule has 0 atom stereocenters. The molecule has 0 saturated carbocycles. The summed E-state index contributed by atoms with van der Waals surface area (Å²) in [5.41, 5.74) is 0.168. The van der Waals surface area contributed by atoms with E-state index in [1.54, 1.807) is 58.0 Å². The number of ether oxygens (including phenoxy) is 5. The number of alkyl carbamates (subject to hydrolysis) is 2. The molecule has 1 aromatic heterocycles. The fourth-order valence-corrected chi connectivity index (χ4v) is 5.75. The first kappa shape index (κ1) is 47.0. The second-order valence-electron chi connectivity index (χ2n) is 13.9. The molecule has 328 valence electrons. The summed E-state index contributed by atoms with van der Waals surface area (Å²) in [6.45, 7) is 15.7. The number of anilines is 1. The molecular weight excluding hydrogens is 809 g/mol. The van der Waals surface area contributed by atoms with Crippen LogP contribution >= 0.6 is 0 Å². The molecular formula is C43H48N6O13. The number of hydrogen-bond acceptors (Lipinski definition) is 13. The Morgan fingerprint density at radius 1 is 0.548 bits per heavy atom. The van der Waals surface area contributed by atoms with Gasteiger partial charge < -0.3 is 34.3 Å². The Morgan fingerprint density at radius 2 is 0.968 bits per heavy atom. The summed E-state index contributed by atoms with van der Waals surface area (Å²) >= 11 is 0. The molecule has 0 spiro atoms. The third-order valence-corrected chi connectivity index (χ3v) is 8.57. The molecule has 4 rings (SSSR count). The van der Waals surface area contributed by atoms with Crippen molar-refractivity contribution >= 4 is 35.9 Å². The molecule has 0 radical (unpaired) electrons. The first-order valence-corrected chi connectivity index (χ1v) is 19.1. The number of rotatable bonds is 17. The average molecular weight is 857 g/mol. The fourth-order valence-electron chi connectivity index (χ4n) is 5.75. The summed E-state index contributed by atoms with van der Waals surface area (Å²) in [6, 6.07) is 13.9. The maximum absolute atomic E-state index is 14.6. The third kappa shape index (κ3) is 12.7. The van der Waals surface area contributed by atoms with Crippen molar-refractivity contribution in [3.05, 3.63) is 138 Å². The zero-order valence-corrected chi connectivity index (χ0v) is 35.2. The van der Waals surface area contributed by atoms with Gasteiger partial charge in [-0.2, -0.15) is 0 Å². The molecule has 0 unspecified atom stereocenters. The van der Waals surface area contributed by atoms with Gasteiger partial charge in [0.2, 0.25) is 0 Å². The molecule has 19 heteroatoms. The maximum atomic E-state index is 14.6. The van der Waals surface area contributed by atoms with Gasteiger partial charge in [0, 0.05) is 29.9 Å². The highest BCUT2D eigenvalue weighted by molar-refractivity contribution is 5.87. The smallest absolute Gasteiger partial charge is 0.411 e. The maximum Gasteiger partial charge on any atom is 0.411 e. The van der Waals surface area contributed by atoms with Gasteiger partial charge in [-0.15, -0.1) is 0 Å². The molecule has 0 bridgehead atoms. The van der Waals surface area contributed by atoms with Crippen LogP contribution in [0.4, 0.5) is 20.1 Å². The summed E-state index contributed by atoms with van der Waals surface area (Å²) in [4.78, 5) is 104.